The number of aromatic nitrogens is 3. The molecule has 2 heterocycles. The van der Waals surface area contributed by atoms with Crippen molar-refractivity contribution in [1.29, 1.82) is 0 Å². The Labute approximate surface area is 169 Å². The number of pyridine rings is 1. The van der Waals surface area contributed by atoms with E-state index in [1.165, 1.54) is 7.11 Å². The highest BCUT2D eigenvalue weighted by atomic mass is 16.5. The van der Waals surface area contributed by atoms with Crippen LogP contribution in [0.1, 0.15) is 36.0 Å². The van der Waals surface area contributed by atoms with Gasteiger partial charge in [-0.1, -0.05) is 24.6 Å². The number of rotatable bonds is 9. The number of unbranched alkanes of at least 4 members (excludes halogenated alkanes) is 2. The molecule has 0 aliphatic carbocycles. The van der Waals surface area contributed by atoms with Crippen LogP contribution in [-0.2, 0) is 9.53 Å². The summed E-state index contributed by atoms with van der Waals surface area (Å²) in [5, 5.41) is 7.57. The molecule has 29 heavy (non-hydrogen) atoms. The van der Waals surface area contributed by atoms with Crippen molar-refractivity contribution in [1.82, 2.24) is 20.1 Å². The van der Waals surface area contributed by atoms with Gasteiger partial charge in [-0.3, -0.25) is 14.6 Å². The monoisotopic (exact) mass is 392 g/mol. The van der Waals surface area contributed by atoms with Gasteiger partial charge in [0.05, 0.1) is 18.4 Å². The van der Waals surface area contributed by atoms with Crippen molar-refractivity contribution >= 4 is 11.9 Å². The normalized spacial score (nSPS) is 10.5. The summed E-state index contributed by atoms with van der Waals surface area (Å²) in [6.07, 6.45) is 7.90. The van der Waals surface area contributed by atoms with Crippen molar-refractivity contribution in [2.45, 2.75) is 25.7 Å². The van der Waals surface area contributed by atoms with Crippen LogP contribution in [0.15, 0.2) is 61.1 Å². The summed E-state index contributed by atoms with van der Waals surface area (Å²) in [6.45, 7) is 0.531. The zero-order chi connectivity index (χ0) is 20.5. The zero-order valence-electron chi connectivity index (χ0n) is 16.4. The molecular formula is C22H24N4O3. The van der Waals surface area contributed by atoms with E-state index in [1.54, 1.807) is 23.3 Å². The van der Waals surface area contributed by atoms with Crippen LogP contribution in [0.25, 0.3) is 16.9 Å². The summed E-state index contributed by atoms with van der Waals surface area (Å²) >= 11 is 0. The Balaban J connectivity index is 1.69. The Bertz CT molecular complexity index is 939. The lowest BCUT2D eigenvalue weighted by atomic mass is 10.1. The molecule has 3 rings (SSSR count). The second kappa shape index (κ2) is 10.2. The topological polar surface area (TPSA) is 86.1 Å². The van der Waals surface area contributed by atoms with Crippen LogP contribution in [0, 0.1) is 0 Å². The maximum Gasteiger partial charge on any atom is 0.305 e. The first-order valence-electron chi connectivity index (χ1n) is 9.59. The summed E-state index contributed by atoms with van der Waals surface area (Å²) in [5.74, 6) is -0.387. The summed E-state index contributed by atoms with van der Waals surface area (Å²) in [5.41, 5.74) is 2.74. The molecule has 0 atom stereocenters. The number of hydrogen-bond donors (Lipinski definition) is 1. The molecule has 7 heteroatoms. The maximum absolute atomic E-state index is 12.8. The fourth-order valence-electron chi connectivity index (χ4n) is 2.94. The molecule has 0 saturated carbocycles. The van der Waals surface area contributed by atoms with Gasteiger partial charge in [0.15, 0.2) is 0 Å². The van der Waals surface area contributed by atoms with E-state index in [1.807, 2.05) is 42.5 Å². The Hall–Kier alpha value is -3.48. The van der Waals surface area contributed by atoms with Crippen molar-refractivity contribution in [3.63, 3.8) is 0 Å². The smallest absolute Gasteiger partial charge is 0.305 e. The van der Waals surface area contributed by atoms with Crippen LogP contribution in [0.3, 0.4) is 0 Å². The second-order valence-electron chi connectivity index (χ2n) is 6.56. The molecule has 3 aromatic rings. The van der Waals surface area contributed by atoms with Gasteiger partial charge in [0, 0.05) is 37.1 Å². The van der Waals surface area contributed by atoms with Crippen LogP contribution < -0.4 is 5.32 Å². The van der Waals surface area contributed by atoms with Crippen LogP contribution in [0.4, 0.5) is 0 Å². The van der Waals surface area contributed by atoms with Gasteiger partial charge in [0.25, 0.3) is 5.91 Å². The van der Waals surface area contributed by atoms with Crippen molar-refractivity contribution in [3.8, 4) is 16.9 Å². The number of benzene rings is 1. The van der Waals surface area contributed by atoms with E-state index >= 15 is 0 Å². The summed E-state index contributed by atoms with van der Waals surface area (Å²) in [6, 6.07) is 13.4. The molecular weight excluding hydrogens is 368 g/mol. The molecule has 1 N–H and O–H groups in total. The second-order valence-corrected chi connectivity index (χ2v) is 6.56. The minimum atomic E-state index is -0.205. The van der Waals surface area contributed by atoms with Gasteiger partial charge >= 0.3 is 5.97 Å². The molecule has 0 unspecified atom stereocenters. The molecule has 0 aliphatic heterocycles. The molecule has 2 aromatic heterocycles. The lowest BCUT2D eigenvalue weighted by molar-refractivity contribution is -0.140. The molecule has 0 spiro atoms. The number of nitrogens with zero attached hydrogens (tertiary/aromatic N) is 3. The molecule has 0 saturated heterocycles. The predicted molar refractivity (Wildman–Crippen MR) is 110 cm³/mol. The van der Waals surface area contributed by atoms with E-state index < -0.39 is 0 Å². The van der Waals surface area contributed by atoms with Crippen molar-refractivity contribution < 1.29 is 14.3 Å². The Morgan fingerprint density at radius 2 is 1.90 bits per heavy atom. The van der Waals surface area contributed by atoms with Gasteiger partial charge < -0.3 is 10.1 Å². The van der Waals surface area contributed by atoms with Gasteiger partial charge in [0.2, 0.25) is 0 Å². The lowest BCUT2D eigenvalue weighted by Crippen LogP contribution is -2.24. The highest BCUT2D eigenvalue weighted by Gasteiger charge is 2.18. The predicted octanol–water partition coefficient (Wildman–Crippen LogP) is 3.40. The van der Waals surface area contributed by atoms with E-state index in [-0.39, 0.29) is 11.9 Å². The van der Waals surface area contributed by atoms with Crippen molar-refractivity contribution in [3.05, 3.63) is 66.6 Å². The standard InChI is InChI=1S/C22H24N4O3/c1-29-20(27)12-6-3-7-14-24-22(28)19-16-26(18-10-4-2-5-11-18)25-21(19)17-9-8-13-23-15-17/h2,4-5,8-11,13,15-16H,3,6-7,12,14H2,1H3,(H,24,28). The Morgan fingerprint density at radius 1 is 1.07 bits per heavy atom. The molecule has 1 aromatic carbocycles. The number of methoxy groups -OCH3 is 1. The van der Waals surface area contributed by atoms with Crippen LogP contribution in [-0.4, -0.2) is 40.3 Å². The largest absolute Gasteiger partial charge is 0.469 e. The van der Waals surface area contributed by atoms with Gasteiger partial charge in [-0.15, -0.1) is 0 Å². The third-order valence-electron chi connectivity index (χ3n) is 4.49. The van der Waals surface area contributed by atoms with E-state index in [9.17, 15) is 9.59 Å². The fourth-order valence-corrected chi connectivity index (χ4v) is 2.94. The molecule has 1 amide bonds. The number of para-hydroxylation sites is 1. The number of esters is 1. The fraction of sp³-hybridized carbons (Fsp3) is 0.273. The molecule has 0 bridgehead atoms. The molecule has 0 radical (unpaired) electrons. The average Bonchev–Trinajstić information content (AvgIpc) is 3.22. The number of amides is 1. The lowest BCUT2D eigenvalue weighted by Gasteiger charge is -2.05. The minimum Gasteiger partial charge on any atom is -0.469 e. The van der Waals surface area contributed by atoms with E-state index in [0.29, 0.717) is 24.2 Å². The third kappa shape index (κ3) is 5.51. The third-order valence-corrected chi connectivity index (χ3v) is 4.49. The first-order chi connectivity index (χ1) is 14.2. The van der Waals surface area contributed by atoms with Gasteiger partial charge in [-0.2, -0.15) is 5.10 Å². The summed E-state index contributed by atoms with van der Waals surface area (Å²) < 4.78 is 6.33. The Morgan fingerprint density at radius 3 is 2.62 bits per heavy atom. The quantitative estimate of drug-likeness (QED) is 0.446. The SMILES string of the molecule is COC(=O)CCCCCNC(=O)c1cn(-c2ccccc2)nc1-c1cccnc1. The molecule has 150 valence electrons. The summed E-state index contributed by atoms with van der Waals surface area (Å²) in [7, 11) is 1.39. The first kappa shape index (κ1) is 20.3. The highest BCUT2D eigenvalue weighted by Crippen LogP contribution is 2.23. The zero-order valence-corrected chi connectivity index (χ0v) is 16.4. The van der Waals surface area contributed by atoms with Crippen LogP contribution >= 0.6 is 0 Å². The van der Waals surface area contributed by atoms with Gasteiger partial charge in [-0.05, 0) is 37.1 Å². The molecule has 0 aliphatic rings. The number of nitrogens with one attached hydrogen (secondary N) is 1. The van der Waals surface area contributed by atoms with E-state index in [2.05, 4.69) is 20.1 Å². The van der Waals surface area contributed by atoms with E-state index in [4.69, 9.17) is 0 Å². The first-order valence-corrected chi connectivity index (χ1v) is 9.59. The van der Waals surface area contributed by atoms with Gasteiger partial charge in [0.1, 0.15) is 5.69 Å². The number of hydrogen-bond acceptors (Lipinski definition) is 5. The molecule has 7 nitrogen and oxygen atoms in total. The van der Waals surface area contributed by atoms with Crippen LogP contribution in [0.2, 0.25) is 0 Å². The molecule has 0 fully saturated rings. The van der Waals surface area contributed by atoms with Crippen molar-refractivity contribution in [2.75, 3.05) is 13.7 Å². The summed E-state index contributed by atoms with van der Waals surface area (Å²) in [4.78, 5) is 28.1. The number of carbonyl (C=O) groups is 2. The van der Waals surface area contributed by atoms with Crippen LogP contribution in [0.5, 0.6) is 0 Å². The Kier molecular flexibility index (Phi) is 7.10. The van der Waals surface area contributed by atoms with Crippen molar-refractivity contribution in [2.24, 2.45) is 0 Å². The maximum atomic E-state index is 12.8. The minimum absolute atomic E-state index is 0.181. The average molecular weight is 392 g/mol. The van der Waals surface area contributed by atoms with Gasteiger partial charge in [-0.25, -0.2) is 4.68 Å². The number of carbonyl (C=O) groups excluding carboxylic acids is 2. The number of ether oxygens (including phenoxy) is 1. The highest BCUT2D eigenvalue weighted by molar-refractivity contribution is 5.99. The van der Waals surface area contributed by atoms with E-state index in [0.717, 1.165) is 30.5 Å².